The molecule has 2 heteroatoms. The van der Waals surface area contributed by atoms with Crippen molar-refractivity contribution in [3.05, 3.63) is 0 Å². The van der Waals surface area contributed by atoms with Crippen LogP contribution in [-0.4, -0.2) is 12.3 Å². The van der Waals surface area contributed by atoms with Crippen LogP contribution in [0.3, 0.4) is 0 Å². The maximum atomic E-state index is 2.30. The van der Waals surface area contributed by atoms with Gasteiger partial charge in [-0.05, 0) is 24.2 Å². The maximum absolute atomic E-state index is 2.30. The molecule has 0 aromatic carbocycles. The van der Waals surface area contributed by atoms with Crippen molar-refractivity contribution < 1.29 is 18.9 Å². The van der Waals surface area contributed by atoms with Crippen molar-refractivity contribution in [2.45, 2.75) is 27.7 Å². The van der Waals surface area contributed by atoms with Crippen molar-refractivity contribution in [2.75, 3.05) is 12.3 Å². The summed E-state index contributed by atoms with van der Waals surface area (Å²) in [6.07, 6.45) is 2.86. The molecule has 0 nitrogen and oxygen atoms in total. The van der Waals surface area contributed by atoms with E-state index in [1.54, 1.807) is 0 Å². The third-order valence-electron chi connectivity index (χ3n) is 1.11. The van der Waals surface area contributed by atoms with Crippen molar-refractivity contribution in [3.63, 3.8) is 0 Å². The van der Waals surface area contributed by atoms with E-state index in [-0.39, 0.29) is 18.9 Å². The van der Waals surface area contributed by atoms with Gasteiger partial charge in [-0.2, -0.15) is 0 Å². The first-order valence-corrected chi connectivity index (χ1v) is 5.25. The van der Waals surface area contributed by atoms with Crippen molar-refractivity contribution in [1.82, 2.24) is 0 Å². The summed E-state index contributed by atoms with van der Waals surface area (Å²) in [6, 6.07) is 0. The molecule has 0 rings (SSSR count). The van der Waals surface area contributed by atoms with Gasteiger partial charge in [0.25, 0.3) is 0 Å². The molecular formula is C8H19LiP+. The van der Waals surface area contributed by atoms with Gasteiger partial charge in [0, 0.05) is 0 Å². The van der Waals surface area contributed by atoms with Gasteiger partial charge in [0.05, 0.1) is 0 Å². The summed E-state index contributed by atoms with van der Waals surface area (Å²) in [5, 5.41) is 0. The Kier molecular flexibility index (Phi) is 11.1. The van der Waals surface area contributed by atoms with E-state index in [9.17, 15) is 0 Å². The average Bonchev–Trinajstić information content (AvgIpc) is 1.63. The monoisotopic (exact) mass is 153 g/mol. The van der Waals surface area contributed by atoms with E-state index >= 15 is 0 Å². The van der Waals surface area contributed by atoms with Crippen LogP contribution in [0.5, 0.6) is 0 Å². The first-order chi connectivity index (χ1) is 4.13. The van der Waals surface area contributed by atoms with Crippen LogP contribution >= 0.6 is 8.58 Å². The molecule has 0 aliphatic heterocycles. The van der Waals surface area contributed by atoms with Crippen LogP contribution < -0.4 is 18.9 Å². The Morgan fingerprint density at radius 3 is 1.40 bits per heavy atom. The number of rotatable bonds is 4. The Labute approximate surface area is 79.5 Å². The SMILES string of the molecule is CC(C)CPCC(C)C.[Li+]. The molecule has 0 spiro atoms. The third-order valence-corrected chi connectivity index (χ3v) is 3.32. The van der Waals surface area contributed by atoms with Gasteiger partial charge in [0.15, 0.2) is 0 Å². The summed E-state index contributed by atoms with van der Waals surface area (Å²) in [5.74, 6) is 1.81. The first-order valence-electron chi connectivity index (χ1n) is 3.83. The van der Waals surface area contributed by atoms with Gasteiger partial charge in [-0.15, -0.1) is 8.58 Å². The van der Waals surface area contributed by atoms with Gasteiger partial charge in [-0.25, -0.2) is 0 Å². The van der Waals surface area contributed by atoms with Crippen LogP contribution in [0, 0.1) is 11.8 Å². The number of hydrogen-bond donors (Lipinski definition) is 0. The van der Waals surface area contributed by atoms with Crippen LogP contribution in [0.2, 0.25) is 0 Å². The molecule has 0 saturated carbocycles. The van der Waals surface area contributed by atoms with Gasteiger partial charge < -0.3 is 0 Å². The predicted molar refractivity (Wildman–Crippen MR) is 47.7 cm³/mol. The molecule has 0 unspecified atom stereocenters. The maximum Gasteiger partial charge on any atom is 1.00 e. The molecule has 0 heterocycles. The fourth-order valence-electron chi connectivity index (χ4n) is 0.661. The summed E-state index contributed by atoms with van der Waals surface area (Å²) in [6.45, 7) is 9.20. The van der Waals surface area contributed by atoms with Crippen molar-refractivity contribution >= 4 is 8.58 Å². The van der Waals surface area contributed by atoms with Crippen LogP contribution in [0.4, 0.5) is 0 Å². The van der Waals surface area contributed by atoms with Gasteiger partial charge >= 0.3 is 18.9 Å². The standard InChI is InChI=1S/C8H19P.Li/c1-7(2)5-9-6-8(3)4;/h7-9H,5-6H2,1-4H3;/q;+1. The minimum absolute atomic E-state index is 0. The van der Waals surface area contributed by atoms with E-state index in [2.05, 4.69) is 27.7 Å². The predicted octanol–water partition coefficient (Wildman–Crippen LogP) is -0.0191. The molecule has 0 aromatic heterocycles. The van der Waals surface area contributed by atoms with Crippen LogP contribution in [0.15, 0.2) is 0 Å². The molecule has 0 amide bonds. The summed E-state index contributed by atoms with van der Waals surface area (Å²) >= 11 is 0. The third kappa shape index (κ3) is 11.8. The Morgan fingerprint density at radius 1 is 0.900 bits per heavy atom. The van der Waals surface area contributed by atoms with Crippen molar-refractivity contribution in [2.24, 2.45) is 11.8 Å². The molecule has 0 aromatic rings. The normalized spacial score (nSPS) is 10.2. The molecule has 0 aliphatic rings. The molecule has 0 atom stereocenters. The smallest absolute Gasteiger partial charge is 0.122 e. The van der Waals surface area contributed by atoms with E-state index in [0.29, 0.717) is 0 Å². The van der Waals surface area contributed by atoms with E-state index in [1.807, 2.05) is 0 Å². The molecular weight excluding hydrogens is 134 g/mol. The Morgan fingerprint density at radius 2 is 1.20 bits per heavy atom. The molecule has 0 saturated heterocycles. The van der Waals surface area contributed by atoms with E-state index in [4.69, 9.17) is 0 Å². The van der Waals surface area contributed by atoms with Crippen LogP contribution in [0.25, 0.3) is 0 Å². The van der Waals surface area contributed by atoms with Gasteiger partial charge in [-0.1, -0.05) is 27.7 Å². The summed E-state index contributed by atoms with van der Waals surface area (Å²) in [7, 11) is 1.19. The Hall–Kier alpha value is 1.03. The zero-order valence-corrected chi connectivity index (χ0v) is 9.07. The minimum Gasteiger partial charge on any atom is -0.122 e. The van der Waals surface area contributed by atoms with Crippen molar-refractivity contribution in [1.29, 1.82) is 0 Å². The molecule has 56 valence electrons. The molecule has 0 N–H and O–H groups in total. The molecule has 0 radical (unpaired) electrons. The largest absolute Gasteiger partial charge is 1.00 e. The van der Waals surface area contributed by atoms with Crippen molar-refractivity contribution in [3.8, 4) is 0 Å². The zero-order valence-electron chi connectivity index (χ0n) is 8.07. The minimum atomic E-state index is 0. The van der Waals surface area contributed by atoms with Gasteiger partial charge in [0.1, 0.15) is 0 Å². The second-order valence-electron chi connectivity index (χ2n) is 3.45. The fourth-order valence-corrected chi connectivity index (χ4v) is 1.98. The number of hydrogen-bond acceptors (Lipinski definition) is 0. The van der Waals surface area contributed by atoms with E-state index < -0.39 is 0 Å². The average molecular weight is 153 g/mol. The van der Waals surface area contributed by atoms with Crippen LogP contribution in [-0.2, 0) is 0 Å². The summed E-state index contributed by atoms with van der Waals surface area (Å²) in [4.78, 5) is 0. The molecule has 0 aliphatic carbocycles. The van der Waals surface area contributed by atoms with E-state index in [0.717, 1.165) is 11.8 Å². The van der Waals surface area contributed by atoms with E-state index in [1.165, 1.54) is 20.9 Å². The second-order valence-corrected chi connectivity index (χ2v) is 4.76. The van der Waals surface area contributed by atoms with Gasteiger partial charge in [-0.3, -0.25) is 0 Å². The molecule has 0 fully saturated rings. The van der Waals surface area contributed by atoms with Gasteiger partial charge in [0.2, 0.25) is 0 Å². The zero-order chi connectivity index (χ0) is 7.28. The van der Waals surface area contributed by atoms with Crippen LogP contribution in [0.1, 0.15) is 27.7 Å². The summed E-state index contributed by atoms with van der Waals surface area (Å²) in [5.41, 5.74) is 0. The summed E-state index contributed by atoms with van der Waals surface area (Å²) < 4.78 is 0. The fraction of sp³-hybridized carbons (Fsp3) is 1.00. The molecule has 0 bridgehead atoms. The quantitative estimate of drug-likeness (QED) is 0.393. The Bertz CT molecular complexity index is 54.3. The first kappa shape index (κ1) is 13.6. The molecule has 10 heavy (non-hydrogen) atoms. The Balaban J connectivity index is 0. The topological polar surface area (TPSA) is 0 Å². The second kappa shape index (κ2) is 8.13.